The standard InChI is InChI=1S/C13H23N5O.2ClH/c1-10(2)8-18-9-15-6-12(18)7-16-13(19)17-11-3-4-14-5-11;;/h6,9-11,14H,3-5,7-8H2,1-2H3,(H2,16,17,19);2*1H. The Hall–Kier alpha value is -0.980. The van der Waals surface area contributed by atoms with Crippen LogP contribution in [0, 0.1) is 5.92 Å². The fourth-order valence-electron chi connectivity index (χ4n) is 2.24. The highest BCUT2D eigenvalue weighted by molar-refractivity contribution is 5.85. The second-order valence-electron chi connectivity index (χ2n) is 5.45. The molecule has 1 saturated heterocycles. The second-order valence-corrected chi connectivity index (χ2v) is 5.45. The molecule has 2 amide bonds. The van der Waals surface area contributed by atoms with Crippen LogP contribution in [0.3, 0.4) is 0 Å². The number of hydrogen-bond acceptors (Lipinski definition) is 3. The Morgan fingerprint density at radius 1 is 1.52 bits per heavy atom. The van der Waals surface area contributed by atoms with E-state index in [-0.39, 0.29) is 36.9 Å². The number of aromatic nitrogens is 2. The molecule has 0 saturated carbocycles. The number of urea groups is 1. The zero-order valence-corrected chi connectivity index (χ0v) is 14.1. The maximum atomic E-state index is 11.7. The Morgan fingerprint density at radius 3 is 2.90 bits per heavy atom. The maximum absolute atomic E-state index is 11.7. The topological polar surface area (TPSA) is 71.0 Å². The number of carbonyl (C=O) groups excluding carboxylic acids is 1. The van der Waals surface area contributed by atoms with Gasteiger partial charge in [0.1, 0.15) is 0 Å². The predicted molar refractivity (Wildman–Crippen MR) is 88.2 cm³/mol. The molecule has 21 heavy (non-hydrogen) atoms. The van der Waals surface area contributed by atoms with E-state index >= 15 is 0 Å². The van der Waals surface area contributed by atoms with Crippen LogP contribution in [0.4, 0.5) is 4.79 Å². The van der Waals surface area contributed by atoms with E-state index in [0.717, 1.165) is 31.7 Å². The van der Waals surface area contributed by atoms with Crippen LogP contribution in [-0.2, 0) is 13.1 Å². The quantitative estimate of drug-likeness (QED) is 0.763. The van der Waals surface area contributed by atoms with Crippen molar-refractivity contribution in [3.63, 3.8) is 0 Å². The molecule has 1 aliphatic heterocycles. The van der Waals surface area contributed by atoms with Crippen molar-refractivity contribution in [1.29, 1.82) is 0 Å². The summed E-state index contributed by atoms with van der Waals surface area (Å²) in [5.41, 5.74) is 1.04. The first kappa shape index (κ1) is 20.0. The number of imidazole rings is 1. The molecule has 3 N–H and O–H groups in total. The fraction of sp³-hybridized carbons (Fsp3) is 0.692. The van der Waals surface area contributed by atoms with E-state index in [1.54, 1.807) is 6.20 Å². The number of halogens is 2. The number of hydrogen-bond donors (Lipinski definition) is 3. The Bertz CT molecular complexity index is 418. The van der Waals surface area contributed by atoms with Crippen molar-refractivity contribution in [2.45, 2.75) is 39.4 Å². The lowest BCUT2D eigenvalue weighted by molar-refractivity contribution is 0.237. The lowest BCUT2D eigenvalue weighted by atomic mass is 10.2. The molecule has 1 aliphatic rings. The zero-order chi connectivity index (χ0) is 13.7. The van der Waals surface area contributed by atoms with Gasteiger partial charge in [-0.05, 0) is 18.9 Å². The molecular formula is C13H25Cl2N5O. The van der Waals surface area contributed by atoms with E-state index < -0.39 is 0 Å². The molecule has 2 rings (SSSR count). The molecule has 0 aliphatic carbocycles. The van der Waals surface area contributed by atoms with Gasteiger partial charge in [0.15, 0.2) is 0 Å². The first-order chi connectivity index (χ1) is 9.15. The van der Waals surface area contributed by atoms with Gasteiger partial charge in [-0.25, -0.2) is 9.78 Å². The highest BCUT2D eigenvalue weighted by Crippen LogP contribution is 2.04. The summed E-state index contributed by atoms with van der Waals surface area (Å²) < 4.78 is 2.09. The minimum absolute atomic E-state index is 0. The molecule has 1 aromatic rings. The van der Waals surface area contributed by atoms with Crippen LogP contribution in [-0.4, -0.2) is 34.7 Å². The Labute approximate surface area is 138 Å². The third-order valence-electron chi connectivity index (χ3n) is 3.19. The van der Waals surface area contributed by atoms with Gasteiger partial charge in [-0.2, -0.15) is 0 Å². The minimum Gasteiger partial charge on any atom is -0.334 e. The molecule has 1 unspecified atom stereocenters. The van der Waals surface area contributed by atoms with E-state index in [9.17, 15) is 4.79 Å². The largest absolute Gasteiger partial charge is 0.334 e. The molecule has 2 heterocycles. The summed E-state index contributed by atoms with van der Waals surface area (Å²) in [7, 11) is 0. The molecular weight excluding hydrogens is 313 g/mol. The van der Waals surface area contributed by atoms with Gasteiger partial charge in [0.25, 0.3) is 0 Å². The van der Waals surface area contributed by atoms with Crippen molar-refractivity contribution in [1.82, 2.24) is 25.5 Å². The van der Waals surface area contributed by atoms with Crippen LogP contribution in [0.25, 0.3) is 0 Å². The van der Waals surface area contributed by atoms with Crippen LogP contribution < -0.4 is 16.0 Å². The predicted octanol–water partition coefficient (Wildman–Crippen LogP) is 1.54. The fourth-order valence-corrected chi connectivity index (χ4v) is 2.24. The van der Waals surface area contributed by atoms with Gasteiger partial charge in [0, 0.05) is 25.3 Å². The van der Waals surface area contributed by atoms with Crippen LogP contribution in [0.1, 0.15) is 26.0 Å². The Balaban J connectivity index is 0.00000200. The van der Waals surface area contributed by atoms with Crippen molar-refractivity contribution >= 4 is 30.8 Å². The van der Waals surface area contributed by atoms with E-state index in [1.807, 2.05) is 6.33 Å². The number of carbonyl (C=O) groups is 1. The molecule has 6 nitrogen and oxygen atoms in total. The summed E-state index contributed by atoms with van der Waals surface area (Å²) >= 11 is 0. The van der Waals surface area contributed by atoms with E-state index in [2.05, 4.69) is 39.3 Å². The lowest BCUT2D eigenvalue weighted by Crippen LogP contribution is -2.42. The van der Waals surface area contributed by atoms with Gasteiger partial charge < -0.3 is 20.5 Å². The smallest absolute Gasteiger partial charge is 0.315 e. The van der Waals surface area contributed by atoms with Crippen LogP contribution in [0.5, 0.6) is 0 Å². The molecule has 8 heteroatoms. The van der Waals surface area contributed by atoms with Gasteiger partial charge in [-0.3, -0.25) is 0 Å². The molecule has 1 fully saturated rings. The molecule has 1 atom stereocenters. The van der Waals surface area contributed by atoms with E-state index in [4.69, 9.17) is 0 Å². The number of nitrogens with one attached hydrogen (secondary N) is 3. The summed E-state index contributed by atoms with van der Waals surface area (Å²) in [5, 5.41) is 9.07. The third kappa shape index (κ3) is 6.54. The molecule has 0 aromatic carbocycles. The number of nitrogens with zero attached hydrogens (tertiary/aromatic N) is 2. The monoisotopic (exact) mass is 337 g/mol. The molecule has 1 aromatic heterocycles. The van der Waals surface area contributed by atoms with Gasteiger partial charge in [-0.1, -0.05) is 13.8 Å². The SMILES string of the molecule is CC(C)Cn1cncc1CNC(=O)NC1CCNC1.Cl.Cl. The van der Waals surface area contributed by atoms with Crippen molar-refractivity contribution in [3.05, 3.63) is 18.2 Å². The van der Waals surface area contributed by atoms with Crippen molar-refractivity contribution in [2.75, 3.05) is 13.1 Å². The van der Waals surface area contributed by atoms with E-state index in [1.165, 1.54) is 0 Å². The van der Waals surface area contributed by atoms with Gasteiger partial charge >= 0.3 is 6.03 Å². The average molecular weight is 338 g/mol. The van der Waals surface area contributed by atoms with Crippen molar-refractivity contribution in [3.8, 4) is 0 Å². The number of rotatable bonds is 5. The van der Waals surface area contributed by atoms with Gasteiger partial charge in [-0.15, -0.1) is 24.8 Å². The third-order valence-corrected chi connectivity index (χ3v) is 3.19. The molecule has 0 radical (unpaired) electrons. The highest BCUT2D eigenvalue weighted by atomic mass is 35.5. The minimum atomic E-state index is -0.106. The summed E-state index contributed by atoms with van der Waals surface area (Å²) in [4.78, 5) is 15.9. The second kappa shape index (κ2) is 9.87. The first-order valence-corrected chi connectivity index (χ1v) is 6.89. The van der Waals surface area contributed by atoms with Gasteiger partial charge in [0.05, 0.1) is 18.6 Å². The maximum Gasteiger partial charge on any atom is 0.315 e. The van der Waals surface area contributed by atoms with Crippen LogP contribution in [0.2, 0.25) is 0 Å². The van der Waals surface area contributed by atoms with Crippen LogP contribution >= 0.6 is 24.8 Å². The van der Waals surface area contributed by atoms with Gasteiger partial charge in [0.2, 0.25) is 0 Å². The van der Waals surface area contributed by atoms with Crippen molar-refractivity contribution < 1.29 is 4.79 Å². The Kier molecular flexibility index (Phi) is 9.41. The zero-order valence-electron chi connectivity index (χ0n) is 12.5. The normalized spacial score (nSPS) is 17.0. The van der Waals surface area contributed by atoms with Crippen LogP contribution in [0.15, 0.2) is 12.5 Å². The molecule has 0 bridgehead atoms. The molecule has 122 valence electrons. The lowest BCUT2D eigenvalue weighted by Gasteiger charge is -2.14. The van der Waals surface area contributed by atoms with E-state index in [0.29, 0.717) is 12.5 Å². The summed E-state index contributed by atoms with van der Waals surface area (Å²) in [5.74, 6) is 0.561. The summed E-state index contributed by atoms with van der Waals surface area (Å²) in [6.07, 6.45) is 4.62. The number of amides is 2. The molecule has 0 spiro atoms. The Morgan fingerprint density at radius 2 is 2.29 bits per heavy atom. The highest BCUT2D eigenvalue weighted by Gasteiger charge is 2.16. The van der Waals surface area contributed by atoms with Crippen molar-refractivity contribution in [2.24, 2.45) is 5.92 Å². The summed E-state index contributed by atoms with van der Waals surface area (Å²) in [6, 6.07) is 0.145. The first-order valence-electron chi connectivity index (χ1n) is 6.89. The average Bonchev–Trinajstić information content (AvgIpc) is 2.97. The summed E-state index contributed by atoms with van der Waals surface area (Å²) in [6.45, 7) is 7.60.